The van der Waals surface area contributed by atoms with Gasteiger partial charge in [0.05, 0.1) is 19.1 Å². The van der Waals surface area contributed by atoms with Gasteiger partial charge < -0.3 is 20.1 Å². The fourth-order valence-electron chi connectivity index (χ4n) is 2.60. The van der Waals surface area contributed by atoms with Crippen molar-refractivity contribution >= 4 is 12.0 Å². The average Bonchev–Trinajstić information content (AvgIpc) is 2.54. The van der Waals surface area contributed by atoms with Gasteiger partial charge in [0.15, 0.2) is 0 Å². The highest BCUT2D eigenvalue weighted by atomic mass is 16.5. The van der Waals surface area contributed by atoms with Crippen LogP contribution in [-0.4, -0.2) is 42.2 Å². The van der Waals surface area contributed by atoms with E-state index in [9.17, 15) is 9.59 Å². The lowest BCUT2D eigenvalue weighted by Gasteiger charge is -2.31. The molecule has 0 radical (unpaired) electrons. The van der Waals surface area contributed by atoms with E-state index in [1.165, 1.54) is 0 Å². The van der Waals surface area contributed by atoms with Crippen molar-refractivity contribution in [2.45, 2.75) is 25.8 Å². The van der Waals surface area contributed by atoms with Crippen LogP contribution in [0.1, 0.15) is 31.4 Å². The summed E-state index contributed by atoms with van der Waals surface area (Å²) in [5, 5.41) is 11.9. The normalized spacial score (nSPS) is 16.9. The average molecular weight is 306 g/mol. The summed E-state index contributed by atoms with van der Waals surface area (Å²) < 4.78 is 5.18. The number of hydrogen-bond donors (Lipinski definition) is 2. The molecule has 0 aromatic heterocycles. The molecule has 6 heteroatoms. The number of piperidine rings is 1. The van der Waals surface area contributed by atoms with Crippen LogP contribution in [0.4, 0.5) is 4.79 Å². The highest BCUT2D eigenvalue weighted by Crippen LogP contribution is 2.20. The molecule has 1 aromatic rings. The summed E-state index contributed by atoms with van der Waals surface area (Å²) in [4.78, 5) is 24.8. The number of hydrogen-bond acceptors (Lipinski definition) is 3. The molecule has 0 aliphatic carbocycles. The molecule has 1 fully saturated rings. The van der Waals surface area contributed by atoms with Crippen LogP contribution in [0.25, 0.3) is 0 Å². The van der Waals surface area contributed by atoms with Gasteiger partial charge in [0.2, 0.25) is 0 Å². The summed E-state index contributed by atoms with van der Waals surface area (Å²) in [5.41, 5.74) is 0.966. The Balaban J connectivity index is 1.90. The van der Waals surface area contributed by atoms with Crippen LogP contribution >= 0.6 is 0 Å². The van der Waals surface area contributed by atoms with Gasteiger partial charge in [0.1, 0.15) is 5.75 Å². The van der Waals surface area contributed by atoms with E-state index < -0.39 is 5.97 Å². The third-order valence-corrected chi connectivity index (χ3v) is 4.07. The zero-order chi connectivity index (χ0) is 16.1. The molecular formula is C16H22N2O4. The number of nitrogens with one attached hydrogen (secondary N) is 1. The third-order valence-electron chi connectivity index (χ3n) is 4.07. The maximum absolute atomic E-state index is 12.2. The van der Waals surface area contributed by atoms with Gasteiger partial charge in [-0.25, -0.2) is 4.79 Å². The number of carboxylic acid groups (broad SMARTS) is 1. The third kappa shape index (κ3) is 3.90. The number of aliphatic carboxylic acids is 1. The van der Waals surface area contributed by atoms with Gasteiger partial charge in [0, 0.05) is 13.1 Å². The quantitative estimate of drug-likeness (QED) is 0.894. The van der Waals surface area contributed by atoms with Crippen LogP contribution in [0, 0.1) is 5.92 Å². The summed E-state index contributed by atoms with van der Waals surface area (Å²) in [7, 11) is 1.61. The first kappa shape index (κ1) is 16.1. The lowest BCUT2D eigenvalue weighted by molar-refractivity contribution is -0.143. The number of carbonyl (C=O) groups is 2. The largest absolute Gasteiger partial charge is 0.497 e. The van der Waals surface area contributed by atoms with Gasteiger partial charge in [-0.15, -0.1) is 0 Å². The molecule has 6 nitrogen and oxygen atoms in total. The molecule has 2 rings (SSSR count). The summed E-state index contributed by atoms with van der Waals surface area (Å²) in [6.07, 6.45) is 1.02. The van der Waals surface area contributed by atoms with Crippen LogP contribution in [0.2, 0.25) is 0 Å². The van der Waals surface area contributed by atoms with E-state index in [0.29, 0.717) is 25.9 Å². The lowest BCUT2D eigenvalue weighted by Crippen LogP contribution is -2.46. The Bertz CT molecular complexity index is 539. The minimum atomic E-state index is -0.773. The van der Waals surface area contributed by atoms with Crippen molar-refractivity contribution in [2.75, 3.05) is 20.2 Å². The summed E-state index contributed by atoms with van der Waals surface area (Å²) >= 11 is 0. The van der Waals surface area contributed by atoms with E-state index >= 15 is 0 Å². The lowest BCUT2D eigenvalue weighted by atomic mass is 9.97. The van der Waals surface area contributed by atoms with Crippen molar-refractivity contribution in [3.63, 3.8) is 0 Å². The number of ether oxygens (including phenoxy) is 1. The molecule has 2 amide bonds. The van der Waals surface area contributed by atoms with E-state index in [-0.39, 0.29) is 18.0 Å². The van der Waals surface area contributed by atoms with Gasteiger partial charge in [-0.2, -0.15) is 0 Å². The molecule has 2 N–H and O–H groups in total. The summed E-state index contributed by atoms with van der Waals surface area (Å²) in [6, 6.07) is 7.27. The van der Waals surface area contributed by atoms with Crippen molar-refractivity contribution in [2.24, 2.45) is 5.92 Å². The molecule has 1 aliphatic rings. The zero-order valence-corrected chi connectivity index (χ0v) is 12.9. The molecule has 1 aromatic carbocycles. The minimum absolute atomic E-state index is 0.139. The smallest absolute Gasteiger partial charge is 0.317 e. The Labute approximate surface area is 130 Å². The van der Waals surface area contributed by atoms with Gasteiger partial charge in [0.25, 0.3) is 0 Å². The van der Waals surface area contributed by atoms with Gasteiger partial charge in [-0.05, 0) is 37.5 Å². The first-order valence-electron chi connectivity index (χ1n) is 7.43. The monoisotopic (exact) mass is 306 g/mol. The Morgan fingerprint density at radius 1 is 1.36 bits per heavy atom. The Morgan fingerprint density at radius 3 is 2.64 bits per heavy atom. The van der Waals surface area contributed by atoms with Crippen molar-refractivity contribution in [1.82, 2.24) is 10.2 Å². The zero-order valence-electron chi connectivity index (χ0n) is 12.9. The molecule has 0 bridgehead atoms. The van der Waals surface area contributed by atoms with Gasteiger partial charge >= 0.3 is 12.0 Å². The maximum atomic E-state index is 12.2. The molecule has 0 saturated carbocycles. The predicted octanol–water partition coefficient (Wildman–Crippen LogP) is 2.26. The first-order chi connectivity index (χ1) is 10.5. The summed E-state index contributed by atoms with van der Waals surface area (Å²) in [6.45, 7) is 2.87. The van der Waals surface area contributed by atoms with E-state index in [0.717, 1.165) is 11.3 Å². The summed E-state index contributed by atoms with van der Waals surface area (Å²) in [5.74, 6) is -0.356. The molecule has 1 unspecified atom stereocenters. The second-order valence-electron chi connectivity index (χ2n) is 5.55. The van der Waals surface area contributed by atoms with Crippen LogP contribution in [0.15, 0.2) is 24.3 Å². The molecule has 1 atom stereocenters. The Kier molecular flexibility index (Phi) is 5.25. The number of amides is 2. The highest BCUT2D eigenvalue weighted by molar-refractivity contribution is 5.75. The highest BCUT2D eigenvalue weighted by Gasteiger charge is 2.27. The molecule has 1 saturated heterocycles. The SMILES string of the molecule is COc1cccc(C(C)NC(=O)N2CCC(C(=O)O)CC2)c1. The predicted molar refractivity (Wildman–Crippen MR) is 81.9 cm³/mol. The Morgan fingerprint density at radius 2 is 2.05 bits per heavy atom. The number of rotatable bonds is 4. The number of carboxylic acids is 1. The van der Waals surface area contributed by atoms with Crippen LogP contribution in [-0.2, 0) is 4.79 Å². The van der Waals surface area contributed by atoms with E-state index in [4.69, 9.17) is 9.84 Å². The van der Waals surface area contributed by atoms with E-state index in [1.54, 1.807) is 12.0 Å². The number of likely N-dealkylation sites (tertiary alicyclic amines) is 1. The number of carbonyl (C=O) groups excluding carboxylic acids is 1. The second-order valence-corrected chi connectivity index (χ2v) is 5.55. The van der Waals surface area contributed by atoms with Crippen molar-refractivity contribution < 1.29 is 19.4 Å². The van der Waals surface area contributed by atoms with Crippen molar-refractivity contribution in [3.8, 4) is 5.75 Å². The molecule has 1 heterocycles. The number of urea groups is 1. The molecule has 22 heavy (non-hydrogen) atoms. The first-order valence-corrected chi connectivity index (χ1v) is 7.43. The number of benzene rings is 1. The minimum Gasteiger partial charge on any atom is -0.497 e. The molecule has 0 spiro atoms. The topological polar surface area (TPSA) is 78.9 Å². The molecule has 120 valence electrons. The van der Waals surface area contributed by atoms with Crippen LogP contribution < -0.4 is 10.1 Å². The van der Waals surface area contributed by atoms with E-state index in [2.05, 4.69) is 5.32 Å². The van der Waals surface area contributed by atoms with Crippen LogP contribution in [0.5, 0.6) is 5.75 Å². The second kappa shape index (κ2) is 7.15. The standard InChI is InChI=1S/C16H22N2O4/c1-11(13-4-3-5-14(10-13)22-2)17-16(21)18-8-6-12(7-9-18)15(19)20/h3-5,10-12H,6-9H2,1-2H3,(H,17,21)(H,19,20). The molecule has 1 aliphatic heterocycles. The van der Waals surface area contributed by atoms with Gasteiger partial charge in [-0.3, -0.25) is 4.79 Å². The number of methoxy groups -OCH3 is 1. The fraction of sp³-hybridized carbons (Fsp3) is 0.500. The van der Waals surface area contributed by atoms with Crippen molar-refractivity contribution in [3.05, 3.63) is 29.8 Å². The maximum Gasteiger partial charge on any atom is 0.317 e. The molecular weight excluding hydrogens is 284 g/mol. The van der Waals surface area contributed by atoms with Gasteiger partial charge in [-0.1, -0.05) is 12.1 Å². The van der Waals surface area contributed by atoms with E-state index in [1.807, 2.05) is 31.2 Å². The van der Waals surface area contributed by atoms with Crippen molar-refractivity contribution in [1.29, 1.82) is 0 Å². The Hall–Kier alpha value is -2.24. The fourth-order valence-corrected chi connectivity index (χ4v) is 2.60. The van der Waals surface area contributed by atoms with Crippen LogP contribution in [0.3, 0.4) is 0 Å². The number of nitrogens with zero attached hydrogens (tertiary/aromatic N) is 1.